The molecule has 1 N–H and O–H groups in total. The number of hydrogen-bond donors (Lipinski definition) is 1. The fraction of sp³-hybridized carbons (Fsp3) is 0.333. The van der Waals surface area contributed by atoms with E-state index in [2.05, 4.69) is 32.9 Å². The van der Waals surface area contributed by atoms with Crippen molar-refractivity contribution in [2.75, 3.05) is 25.1 Å². The quantitative estimate of drug-likeness (QED) is 0.760. The van der Waals surface area contributed by atoms with E-state index in [0.717, 1.165) is 46.5 Å². The van der Waals surface area contributed by atoms with Gasteiger partial charge in [-0.3, -0.25) is 4.68 Å². The summed E-state index contributed by atoms with van der Waals surface area (Å²) in [5.41, 5.74) is 4.27. The number of anilines is 1. The molecule has 25 heavy (non-hydrogen) atoms. The van der Waals surface area contributed by atoms with Crippen LogP contribution in [0, 0.1) is 6.92 Å². The fourth-order valence-corrected chi connectivity index (χ4v) is 3.63. The summed E-state index contributed by atoms with van der Waals surface area (Å²) in [6.45, 7) is 4.06. The summed E-state index contributed by atoms with van der Waals surface area (Å²) in [4.78, 5) is 4.67. The Bertz CT molecular complexity index is 887. The zero-order valence-electron chi connectivity index (χ0n) is 14.3. The van der Waals surface area contributed by atoms with E-state index >= 15 is 0 Å². The predicted molar refractivity (Wildman–Crippen MR) is 98.7 cm³/mol. The maximum Gasteiger partial charge on any atom is 0.183 e. The molecule has 4 rings (SSSR count). The van der Waals surface area contributed by atoms with Crippen molar-refractivity contribution in [3.8, 4) is 22.8 Å². The van der Waals surface area contributed by atoms with Gasteiger partial charge in [-0.1, -0.05) is 6.07 Å². The third-order valence-electron chi connectivity index (χ3n) is 4.09. The number of thiazole rings is 1. The van der Waals surface area contributed by atoms with E-state index in [-0.39, 0.29) is 0 Å². The van der Waals surface area contributed by atoms with Crippen LogP contribution < -0.4 is 14.8 Å². The number of fused-ring (bicyclic) bond motifs is 1. The van der Waals surface area contributed by atoms with Gasteiger partial charge in [-0.25, -0.2) is 4.98 Å². The molecule has 0 atom stereocenters. The van der Waals surface area contributed by atoms with E-state index in [1.807, 2.05) is 30.9 Å². The molecule has 130 valence electrons. The summed E-state index contributed by atoms with van der Waals surface area (Å²) < 4.78 is 13.0. The molecule has 1 aliphatic heterocycles. The highest BCUT2D eigenvalue weighted by atomic mass is 32.1. The number of aromatic nitrogens is 3. The van der Waals surface area contributed by atoms with Gasteiger partial charge < -0.3 is 14.8 Å². The number of nitrogens with zero attached hydrogens (tertiary/aromatic N) is 3. The van der Waals surface area contributed by atoms with Crippen molar-refractivity contribution < 1.29 is 9.47 Å². The monoisotopic (exact) mass is 356 g/mol. The van der Waals surface area contributed by atoms with Crippen LogP contribution in [0.25, 0.3) is 11.3 Å². The van der Waals surface area contributed by atoms with Gasteiger partial charge in [-0.05, 0) is 31.0 Å². The molecule has 0 spiro atoms. The van der Waals surface area contributed by atoms with Gasteiger partial charge in [0.05, 0.1) is 11.4 Å². The Kier molecular flexibility index (Phi) is 4.31. The number of ether oxygens (including phenoxy) is 2. The minimum Gasteiger partial charge on any atom is -0.486 e. The third kappa shape index (κ3) is 3.46. The highest BCUT2D eigenvalue weighted by Gasteiger charge is 2.12. The Labute approximate surface area is 150 Å². The lowest BCUT2D eigenvalue weighted by Gasteiger charge is -2.18. The smallest absolute Gasteiger partial charge is 0.183 e. The molecule has 0 bridgehead atoms. The normalized spacial score (nSPS) is 13.0. The van der Waals surface area contributed by atoms with Crippen LogP contribution in [-0.2, 0) is 13.5 Å². The van der Waals surface area contributed by atoms with Crippen molar-refractivity contribution in [2.45, 2.75) is 13.3 Å². The number of benzene rings is 1. The van der Waals surface area contributed by atoms with Crippen LogP contribution in [0.5, 0.6) is 11.5 Å². The van der Waals surface area contributed by atoms with Crippen LogP contribution in [0.2, 0.25) is 0 Å². The number of rotatable bonds is 5. The average molecular weight is 356 g/mol. The van der Waals surface area contributed by atoms with Gasteiger partial charge in [0.2, 0.25) is 0 Å². The fourth-order valence-electron chi connectivity index (χ4n) is 2.89. The second-order valence-electron chi connectivity index (χ2n) is 5.99. The molecule has 0 radical (unpaired) electrons. The van der Waals surface area contributed by atoms with Crippen molar-refractivity contribution in [1.29, 1.82) is 0 Å². The first kappa shape index (κ1) is 16.0. The summed E-state index contributed by atoms with van der Waals surface area (Å²) in [6.07, 6.45) is 2.90. The molecule has 0 fully saturated rings. The number of nitrogens with one attached hydrogen (secondary N) is 1. The maximum absolute atomic E-state index is 5.63. The SMILES string of the molecule is Cc1nn(C)cc1-c1csc(NCCc2ccc3c(c2)OCCO3)n1. The first-order chi connectivity index (χ1) is 12.2. The zero-order valence-corrected chi connectivity index (χ0v) is 15.1. The van der Waals surface area contributed by atoms with Crippen LogP contribution in [-0.4, -0.2) is 34.5 Å². The van der Waals surface area contributed by atoms with Gasteiger partial charge in [-0.15, -0.1) is 11.3 Å². The second-order valence-corrected chi connectivity index (χ2v) is 6.85. The van der Waals surface area contributed by atoms with E-state index in [1.54, 1.807) is 11.3 Å². The van der Waals surface area contributed by atoms with Gasteiger partial charge in [0, 0.05) is 30.7 Å². The summed E-state index contributed by atoms with van der Waals surface area (Å²) >= 11 is 1.62. The van der Waals surface area contributed by atoms with Gasteiger partial charge >= 0.3 is 0 Å². The number of hydrogen-bond acceptors (Lipinski definition) is 6. The summed E-state index contributed by atoms with van der Waals surface area (Å²) in [7, 11) is 1.93. The Morgan fingerprint density at radius 2 is 2.08 bits per heavy atom. The highest BCUT2D eigenvalue weighted by Crippen LogP contribution is 2.31. The Morgan fingerprint density at radius 3 is 2.88 bits per heavy atom. The molecule has 2 aromatic heterocycles. The van der Waals surface area contributed by atoms with Crippen molar-refractivity contribution in [1.82, 2.24) is 14.8 Å². The van der Waals surface area contributed by atoms with E-state index in [0.29, 0.717) is 13.2 Å². The third-order valence-corrected chi connectivity index (χ3v) is 4.89. The van der Waals surface area contributed by atoms with Crippen molar-refractivity contribution in [3.05, 3.63) is 41.0 Å². The van der Waals surface area contributed by atoms with Crippen molar-refractivity contribution >= 4 is 16.5 Å². The van der Waals surface area contributed by atoms with Crippen LogP contribution in [0.3, 0.4) is 0 Å². The number of aryl methyl sites for hydroxylation is 2. The lowest BCUT2D eigenvalue weighted by Crippen LogP contribution is -2.15. The molecule has 7 heteroatoms. The lowest BCUT2D eigenvalue weighted by molar-refractivity contribution is 0.171. The summed E-state index contributed by atoms with van der Waals surface area (Å²) in [5, 5.41) is 10.8. The zero-order chi connectivity index (χ0) is 17.2. The van der Waals surface area contributed by atoms with E-state index < -0.39 is 0 Å². The van der Waals surface area contributed by atoms with Crippen LogP contribution in [0.15, 0.2) is 29.8 Å². The Hall–Kier alpha value is -2.54. The first-order valence-corrected chi connectivity index (χ1v) is 9.15. The predicted octanol–water partition coefficient (Wildman–Crippen LogP) is 3.28. The van der Waals surface area contributed by atoms with Crippen molar-refractivity contribution in [2.24, 2.45) is 7.05 Å². The van der Waals surface area contributed by atoms with Gasteiger partial charge in [0.1, 0.15) is 13.2 Å². The lowest BCUT2D eigenvalue weighted by atomic mass is 10.1. The largest absolute Gasteiger partial charge is 0.486 e. The molecule has 1 aliphatic rings. The molecule has 0 amide bonds. The topological polar surface area (TPSA) is 61.2 Å². The van der Waals surface area contributed by atoms with Crippen LogP contribution in [0.1, 0.15) is 11.3 Å². The maximum atomic E-state index is 5.63. The molecular weight excluding hydrogens is 336 g/mol. The molecule has 0 saturated carbocycles. The molecule has 6 nitrogen and oxygen atoms in total. The molecule has 3 aromatic rings. The average Bonchev–Trinajstić information content (AvgIpc) is 3.20. The minimum absolute atomic E-state index is 0.615. The van der Waals surface area contributed by atoms with Gasteiger partial charge in [-0.2, -0.15) is 5.10 Å². The summed E-state index contributed by atoms with van der Waals surface area (Å²) in [6, 6.07) is 6.13. The van der Waals surface area contributed by atoms with Gasteiger partial charge in [0.15, 0.2) is 16.6 Å². The molecule has 3 heterocycles. The Morgan fingerprint density at radius 1 is 1.24 bits per heavy atom. The van der Waals surface area contributed by atoms with E-state index in [1.165, 1.54) is 5.56 Å². The van der Waals surface area contributed by atoms with E-state index in [4.69, 9.17) is 9.47 Å². The molecule has 1 aromatic carbocycles. The van der Waals surface area contributed by atoms with Crippen LogP contribution >= 0.6 is 11.3 Å². The Balaban J connectivity index is 1.37. The van der Waals surface area contributed by atoms with Crippen LogP contribution in [0.4, 0.5) is 5.13 Å². The van der Waals surface area contributed by atoms with E-state index in [9.17, 15) is 0 Å². The highest BCUT2D eigenvalue weighted by molar-refractivity contribution is 7.14. The molecular formula is C18H20N4O2S. The summed E-state index contributed by atoms with van der Waals surface area (Å²) in [5.74, 6) is 1.67. The molecule has 0 aliphatic carbocycles. The molecule has 0 unspecified atom stereocenters. The minimum atomic E-state index is 0.615. The van der Waals surface area contributed by atoms with Crippen molar-refractivity contribution in [3.63, 3.8) is 0 Å². The van der Waals surface area contributed by atoms with Gasteiger partial charge in [0.25, 0.3) is 0 Å². The molecule has 0 saturated heterocycles. The second kappa shape index (κ2) is 6.76. The first-order valence-electron chi connectivity index (χ1n) is 8.27. The standard InChI is InChI=1S/C18H20N4O2S/c1-12-14(10-22(2)21-12)15-11-25-18(20-15)19-6-5-13-3-4-16-17(9-13)24-8-7-23-16/h3-4,9-11H,5-8H2,1-2H3,(H,19,20).